The molecule has 2 aromatic carbocycles. The highest BCUT2D eigenvalue weighted by atomic mass is 16.2. The SMILES string of the molecule is CNCCC1CCN(C(=O)c2ccccc2Cc2ccccc2)CC1. The van der Waals surface area contributed by atoms with Gasteiger partial charge in [0.1, 0.15) is 0 Å². The fraction of sp³-hybridized carbons (Fsp3) is 0.409. The van der Waals surface area contributed by atoms with Crippen LogP contribution in [0.25, 0.3) is 0 Å². The van der Waals surface area contributed by atoms with Gasteiger partial charge in [0.2, 0.25) is 0 Å². The summed E-state index contributed by atoms with van der Waals surface area (Å²) in [7, 11) is 2.00. The Hall–Kier alpha value is -2.13. The molecular weight excluding hydrogens is 308 g/mol. The predicted molar refractivity (Wildman–Crippen MR) is 103 cm³/mol. The van der Waals surface area contributed by atoms with Gasteiger partial charge in [-0.15, -0.1) is 0 Å². The Labute approximate surface area is 151 Å². The van der Waals surface area contributed by atoms with E-state index in [0.717, 1.165) is 55.9 Å². The first-order valence-electron chi connectivity index (χ1n) is 9.33. The lowest BCUT2D eigenvalue weighted by Gasteiger charge is -2.32. The third-order valence-corrected chi connectivity index (χ3v) is 5.19. The van der Waals surface area contributed by atoms with Crippen LogP contribution in [-0.4, -0.2) is 37.5 Å². The van der Waals surface area contributed by atoms with Gasteiger partial charge in [-0.1, -0.05) is 48.5 Å². The molecule has 0 radical (unpaired) electrons. The first-order chi connectivity index (χ1) is 12.3. The van der Waals surface area contributed by atoms with Crippen molar-refractivity contribution in [2.45, 2.75) is 25.7 Å². The first kappa shape index (κ1) is 17.7. The van der Waals surface area contributed by atoms with E-state index in [2.05, 4.69) is 35.6 Å². The number of nitrogens with zero attached hydrogens (tertiary/aromatic N) is 1. The first-order valence-corrected chi connectivity index (χ1v) is 9.33. The maximum Gasteiger partial charge on any atom is 0.254 e. The van der Waals surface area contributed by atoms with Gasteiger partial charge in [0.05, 0.1) is 0 Å². The summed E-state index contributed by atoms with van der Waals surface area (Å²) in [6.07, 6.45) is 4.26. The summed E-state index contributed by atoms with van der Waals surface area (Å²) in [4.78, 5) is 15.1. The van der Waals surface area contributed by atoms with Crippen molar-refractivity contribution in [2.24, 2.45) is 5.92 Å². The largest absolute Gasteiger partial charge is 0.339 e. The van der Waals surface area contributed by atoms with Gasteiger partial charge in [0, 0.05) is 18.7 Å². The quantitative estimate of drug-likeness (QED) is 0.871. The summed E-state index contributed by atoms with van der Waals surface area (Å²) in [5.74, 6) is 0.940. The Morgan fingerprint density at radius 1 is 1.04 bits per heavy atom. The minimum absolute atomic E-state index is 0.193. The number of carbonyl (C=O) groups excluding carboxylic acids is 1. The van der Waals surface area contributed by atoms with Crippen LogP contribution in [0.2, 0.25) is 0 Å². The highest BCUT2D eigenvalue weighted by molar-refractivity contribution is 5.95. The van der Waals surface area contributed by atoms with Crippen LogP contribution in [-0.2, 0) is 6.42 Å². The summed E-state index contributed by atoms with van der Waals surface area (Å²) in [5, 5.41) is 3.22. The summed E-state index contributed by atoms with van der Waals surface area (Å²) < 4.78 is 0. The van der Waals surface area contributed by atoms with Crippen LogP contribution in [0.1, 0.15) is 40.7 Å². The number of piperidine rings is 1. The molecule has 0 spiro atoms. The van der Waals surface area contributed by atoms with Crippen LogP contribution in [0.5, 0.6) is 0 Å². The molecule has 3 nitrogen and oxygen atoms in total. The van der Waals surface area contributed by atoms with Gasteiger partial charge in [-0.2, -0.15) is 0 Å². The zero-order valence-corrected chi connectivity index (χ0v) is 15.1. The van der Waals surface area contributed by atoms with Crippen molar-refractivity contribution in [1.29, 1.82) is 0 Å². The fourth-order valence-corrected chi connectivity index (χ4v) is 3.64. The van der Waals surface area contributed by atoms with Crippen LogP contribution in [0, 0.1) is 5.92 Å². The van der Waals surface area contributed by atoms with Gasteiger partial charge in [0.15, 0.2) is 0 Å². The van der Waals surface area contributed by atoms with E-state index >= 15 is 0 Å². The average Bonchev–Trinajstić information content (AvgIpc) is 2.67. The second-order valence-corrected chi connectivity index (χ2v) is 6.95. The zero-order chi connectivity index (χ0) is 17.5. The summed E-state index contributed by atoms with van der Waals surface area (Å²) in [6.45, 7) is 2.83. The van der Waals surface area contributed by atoms with Gasteiger partial charge in [-0.25, -0.2) is 0 Å². The lowest BCUT2D eigenvalue weighted by Crippen LogP contribution is -2.39. The normalized spacial score (nSPS) is 15.3. The van der Waals surface area contributed by atoms with Crippen molar-refractivity contribution in [1.82, 2.24) is 10.2 Å². The van der Waals surface area contributed by atoms with Gasteiger partial charge in [-0.05, 0) is 62.4 Å². The number of amides is 1. The van der Waals surface area contributed by atoms with E-state index in [1.54, 1.807) is 0 Å². The van der Waals surface area contributed by atoms with Crippen molar-refractivity contribution in [3.8, 4) is 0 Å². The van der Waals surface area contributed by atoms with Crippen molar-refractivity contribution in [3.05, 3.63) is 71.3 Å². The Bertz CT molecular complexity index is 675. The molecule has 1 aliphatic rings. The maximum atomic E-state index is 13.0. The van der Waals surface area contributed by atoms with E-state index in [1.165, 1.54) is 12.0 Å². The number of hydrogen-bond donors (Lipinski definition) is 1. The number of rotatable bonds is 6. The number of benzene rings is 2. The molecule has 132 valence electrons. The fourth-order valence-electron chi connectivity index (χ4n) is 3.64. The molecule has 0 aromatic heterocycles. The maximum absolute atomic E-state index is 13.0. The topological polar surface area (TPSA) is 32.3 Å². The molecule has 1 saturated heterocycles. The molecule has 0 bridgehead atoms. The molecule has 3 heteroatoms. The van der Waals surface area contributed by atoms with Crippen molar-refractivity contribution < 1.29 is 4.79 Å². The highest BCUT2D eigenvalue weighted by Crippen LogP contribution is 2.23. The molecule has 1 N–H and O–H groups in total. The highest BCUT2D eigenvalue weighted by Gasteiger charge is 2.24. The molecule has 1 fully saturated rings. The molecule has 25 heavy (non-hydrogen) atoms. The average molecular weight is 336 g/mol. The lowest BCUT2D eigenvalue weighted by atomic mass is 9.92. The number of carbonyl (C=O) groups is 1. The van der Waals surface area contributed by atoms with E-state index in [4.69, 9.17) is 0 Å². The van der Waals surface area contributed by atoms with E-state index in [0.29, 0.717) is 0 Å². The Kier molecular flexibility index (Phi) is 6.24. The Balaban J connectivity index is 1.67. The zero-order valence-electron chi connectivity index (χ0n) is 15.1. The molecule has 2 aromatic rings. The Morgan fingerprint density at radius 3 is 2.44 bits per heavy atom. The second kappa shape index (κ2) is 8.82. The molecular formula is C22H28N2O. The summed E-state index contributed by atoms with van der Waals surface area (Å²) in [5.41, 5.74) is 3.23. The number of likely N-dealkylation sites (tertiary alicyclic amines) is 1. The standard InChI is InChI=1S/C22H28N2O/c1-23-14-11-18-12-15-24(16-13-18)22(25)21-10-6-5-9-20(21)17-19-7-3-2-4-8-19/h2-10,18,23H,11-17H2,1H3. The minimum Gasteiger partial charge on any atom is -0.339 e. The molecule has 0 unspecified atom stereocenters. The van der Waals surface area contributed by atoms with E-state index in [1.807, 2.05) is 36.2 Å². The third-order valence-electron chi connectivity index (χ3n) is 5.19. The third kappa shape index (κ3) is 4.70. The van der Waals surface area contributed by atoms with Crippen LogP contribution in [0.3, 0.4) is 0 Å². The van der Waals surface area contributed by atoms with Gasteiger partial charge < -0.3 is 10.2 Å². The van der Waals surface area contributed by atoms with E-state index in [-0.39, 0.29) is 5.91 Å². The Morgan fingerprint density at radius 2 is 1.72 bits per heavy atom. The molecule has 3 rings (SSSR count). The van der Waals surface area contributed by atoms with Crippen molar-refractivity contribution >= 4 is 5.91 Å². The van der Waals surface area contributed by atoms with Crippen LogP contribution >= 0.6 is 0 Å². The van der Waals surface area contributed by atoms with E-state index in [9.17, 15) is 4.79 Å². The lowest BCUT2D eigenvalue weighted by molar-refractivity contribution is 0.0686. The predicted octanol–water partition coefficient (Wildman–Crippen LogP) is 3.74. The molecule has 0 saturated carbocycles. The summed E-state index contributed by atoms with van der Waals surface area (Å²) >= 11 is 0. The minimum atomic E-state index is 0.193. The van der Waals surface area contributed by atoms with Crippen molar-refractivity contribution in [3.63, 3.8) is 0 Å². The smallest absolute Gasteiger partial charge is 0.254 e. The van der Waals surface area contributed by atoms with Crippen LogP contribution < -0.4 is 5.32 Å². The second-order valence-electron chi connectivity index (χ2n) is 6.95. The van der Waals surface area contributed by atoms with Crippen LogP contribution in [0.15, 0.2) is 54.6 Å². The molecule has 0 aliphatic carbocycles. The number of nitrogens with one attached hydrogen (secondary N) is 1. The number of hydrogen-bond acceptors (Lipinski definition) is 2. The van der Waals surface area contributed by atoms with Gasteiger partial charge in [-0.3, -0.25) is 4.79 Å². The molecule has 1 amide bonds. The van der Waals surface area contributed by atoms with Crippen LogP contribution in [0.4, 0.5) is 0 Å². The van der Waals surface area contributed by atoms with Gasteiger partial charge in [0.25, 0.3) is 5.91 Å². The monoisotopic (exact) mass is 336 g/mol. The van der Waals surface area contributed by atoms with E-state index < -0.39 is 0 Å². The summed E-state index contributed by atoms with van der Waals surface area (Å²) in [6, 6.07) is 18.4. The van der Waals surface area contributed by atoms with Gasteiger partial charge >= 0.3 is 0 Å². The molecule has 1 aliphatic heterocycles. The molecule has 0 atom stereocenters. The molecule has 1 heterocycles. The van der Waals surface area contributed by atoms with Crippen molar-refractivity contribution in [2.75, 3.05) is 26.7 Å².